The lowest BCUT2D eigenvalue weighted by Gasteiger charge is -2.31. The molecule has 1 fully saturated rings. The fraction of sp³-hybridized carbons (Fsp3) is 0.357. The van der Waals surface area contributed by atoms with E-state index in [1.54, 1.807) is 17.4 Å². The van der Waals surface area contributed by atoms with Crippen molar-refractivity contribution in [2.24, 2.45) is 5.73 Å². The number of benzene rings is 1. The Morgan fingerprint density at radius 2 is 2.17 bits per heavy atom. The number of nitrogens with zero attached hydrogens (tertiary/aromatic N) is 1. The smallest absolute Gasteiger partial charge is 0.123 e. The van der Waals surface area contributed by atoms with Crippen LogP contribution < -0.4 is 5.73 Å². The van der Waals surface area contributed by atoms with E-state index in [9.17, 15) is 4.39 Å². The van der Waals surface area contributed by atoms with Crippen LogP contribution in [-0.4, -0.2) is 11.0 Å². The third kappa shape index (κ3) is 2.06. The van der Waals surface area contributed by atoms with Crippen molar-refractivity contribution in [3.05, 3.63) is 40.7 Å². The van der Waals surface area contributed by atoms with Crippen LogP contribution >= 0.6 is 11.3 Å². The van der Waals surface area contributed by atoms with Crippen LogP contribution in [0.4, 0.5) is 4.39 Å². The summed E-state index contributed by atoms with van der Waals surface area (Å²) in [5.41, 5.74) is 7.75. The van der Waals surface area contributed by atoms with Gasteiger partial charge in [0.2, 0.25) is 0 Å². The number of rotatable bonds is 2. The lowest BCUT2D eigenvalue weighted by molar-refractivity contribution is 0.354. The van der Waals surface area contributed by atoms with Gasteiger partial charge in [0.25, 0.3) is 0 Å². The van der Waals surface area contributed by atoms with Crippen LogP contribution in [-0.2, 0) is 0 Å². The molecule has 0 radical (unpaired) electrons. The quantitative estimate of drug-likeness (QED) is 0.900. The van der Waals surface area contributed by atoms with E-state index in [1.807, 2.05) is 13.0 Å². The van der Waals surface area contributed by atoms with E-state index < -0.39 is 0 Å². The summed E-state index contributed by atoms with van der Waals surface area (Å²) in [6, 6.07) is 6.96. The lowest BCUT2D eigenvalue weighted by Crippen LogP contribution is -2.34. The zero-order valence-corrected chi connectivity index (χ0v) is 11.0. The molecule has 0 unspecified atom stereocenters. The molecule has 1 aliphatic rings. The summed E-state index contributed by atoms with van der Waals surface area (Å²) in [6.07, 6.45) is 2.09. The van der Waals surface area contributed by atoms with Gasteiger partial charge in [0, 0.05) is 16.5 Å². The van der Waals surface area contributed by atoms with Gasteiger partial charge in [-0.2, -0.15) is 0 Å². The first-order chi connectivity index (χ1) is 8.63. The molecule has 0 atom stereocenters. The predicted molar refractivity (Wildman–Crippen MR) is 72.2 cm³/mol. The van der Waals surface area contributed by atoms with E-state index in [1.165, 1.54) is 17.0 Å². The van der Waals surface area contributed by atoms with Gasteiger partial charge in [-0.15, -0.1) is 11.3 Å². The van der Waals surface area contributed by atoms with Gasteiger partial charge in [0.15, 0.2) is 0 Å². The highest BCUT2D eigenvalue weighted by atomic mass is 32.1. The first-order valence-corrected chi connectivity index (χ1v) is 6.94. The molecule has 18 heavy (non-hydrogen) atoms. The molecular weight excluding hydrogens is 247 g/mol. The SMILES string of the molecule is Cc1nc(-c2cccc(F)c2)sc1C1CC(N)C1. The number of hydrogen-bond acceptors (Lipinski definition) is 3. The molecule has 1 saturated carbocycles. The summed E-state index contributed by atoms with van der Waals surface area (Å²) >= 11 is 1.67. The fourth-order valence-corrected chi connectivity index (χ4v) is 3.60. The van der Waals surface area contributed by atoms with Crippen molar-refractivity contribution in [2.75, 3.05) is 0 Å². The van der Waals surface area contributed by atoms with Gasteiger partial charge < -0.3 is 5.73 Å². The van der Waals surface area contributed by atoms with E-state index in [2.05, 4.69) is 4.98 Å². The van der Waals surface area contributed by atoms with E-state index in [0.29, 0.717) is 12.0 Å². The number of halogens is 1. The van der Waals surface area contributed by atoms with Gasteiger partial charge in [-0.25, -0.2) is 9.37 Å². The van der Waals surface area contributed by atoms with Crippen molar-refractivity contribution in [1.82, 2.24) is 4.98 Å². The Kier molecular flexibility index (Phi) is 2.92. The normalized spacial score (nSPS) is 22.8. The van der Waals surface area contributed by atoms with Gasteiger partial charge in [0.1, 0.15) is 10.8 Å². The molecule has 0 amide bonds. The van der Waals surface area contributed by atoms with Crippen molar-refractivity contribution in [2.45, 2.75) is 31.7 Å². The second-order valence-corrected chi connectivity index (χ2v) is 5.94. The minimum absolute atomic E-state index is 0.215. The zero-order valence-electron chi connectivity index (χ0n) is 10.2. The highest BCUT2D eigenvalue weighted by molar-refractivity contribution is 7.15. The Hall–Kier alpha value is -1.26. The summed E-state index contributed by atoms with van der Waals surface area (Å²) in [5, 5.41) is 0.905. The predicted octanol–water partition coefficient (Wildman–Crippen LogP) is 3.46. The Bertz CT molecular complexity index is 573. The standard InChI is InChI=1S/C14H15FN2S/c1-8-13(10-6-12(16)7-10)18-14(17-8)9-3-2-4-11(15)5-9/h2-5,10,12H,6-7,16H2,1H3. The van der Waals surface area contributed by atoms with Gasteiger partial charge in [-0.1, -0.05) is 12.1 Å². The van der Waals surface area contributed by atoms with Gasteiger partial charge in [0.05, 0.1) is 5.69 Å². The summed E-state index contributed by atoms with van der Waals surface area (Å²) < 4.78 is 13.2. The Balaban J connectivity index is 1.92. The van der Waals surface area contributed by atoms with Crippen LogP contribution in [0.1, 0.15) is 29.3 Å². The second kappa shape index (κ2) is 4.44. The maximum atomic E-state index is 13.2. The second-order valence-electron chi connectivity index (χ2n) is 4.91. The van der Waals surface area contributed by atoms with Crippen molar-refractivity contribution >= 4 is 11.3 Å². The van der Waals surface area contributed by atoms with Gasteiger partial charge in [-0.05, 0) is 37.8 Å². The zero-order chi connectivity index (χ0) is 12.7. The third-order valence-corrected chi connectivity index (χ3v) is 4.82. The number of hydrogen-bond donors (Lipinski definition) is 1. The molecule has 0 bridgehead atoms. The first-order valence-electron chi connectivity index (χ1n) is 6.12. The monoisotopic (exact) mass is 262 g/mol. The number of aryl methyl sites for hydroxylation is 1. The summed E-state index contributed by atoms with van der Waals surface area (Å²) in [5.74, 6) is 0.340. The van der Waals surface area contributed by atoms with E-state index in [0.717, 1.165) is 29.1 Å². The Morgan fingerprint density at radius 1 is 1.39 bits per heavy atom. The molecule has 3 rings (SSSR count). The molecule has 2 aromatic rings. The molecule has 0 saturated heterocycles. The topological polar surface area (TPSA) is 38.9 Å². The highest BCUT2D eigenvalue weighted by Crippen LogP contribution is 2.42. The van der Waals surface area contributed by atoms with Crippen molar-refractivity contribution in [3.63, 3.8) is 0 Å². The minimum atomic E-state index is -0.215. The van der Waals surface area contributed by atoms with Crippen LogP contribution in [0.5, 0.6) is 0 Å². The molecular formula is C14H15FN2S. The van der Waals surface area contributed by atoms with Crippen LogP contribution in [0.3, 0.4) is 0 Å². The van der Waals surface area contributed by atoms with E-state index in [-0.39, 0.29) is 5.82 Å². The summed E-state index contributed by atoms with van der Waals surface area (Å²) in [7, 11) is 0. The minimum Gasteiger partial charge on any atom is -0.328 e. The van der Waals surface area contributed by atoms with Gasteiger partial charge >= 0.3 is 0 Å². The molecule has 0 spiro atoms. The molecule has 2 N–H and O–H groups in total. The van der Waals surface area contributed by atoms with Crippen molar-refractivity contribution in [3.8, 4) is 10.6 Å². The maximum absolute atomic E-state index is 13.2. The van der Waals surface area contributed by atoms with E-state index in [4.69, 9.17) is 5.73 Å². The average Bonchev–Trinajstić information content (AvgIpc) is 2.67. The average molecular weight is 262 g/mol. The molecule has 1 aromatic carbocycles. The molecule has 1 heterocycles. The first kappa shape index (κ1) is 11.8. The highest BCUT2D eigenvalue weighted by Gasteiger charge is 2.30. The maximum Gasteiger partial charge on any atom is 0.123 e. The van der Waals surface area contributed by atoms with Crippen LogP contribution in [0, 0.1) is 12.7 Å². The van der Waals surface area contributed by atoms with Crippen LogP contribution in [0.15, 0.2) is 24.3 Å². The van der Waals surface area contributed by atoms with Crippen LogP contribution in [0.2, 0.25) is 0 Å². The van der Waals surface area contributed by atoms with E-state index >= 15 is 0 Å². The van der Waals surface area contributed by atoms with Crippen LogP contribution in [0.25, 0.3) is 10.6 Å². The van der Waals surface area contributed by atoms with Gasteiger partial charge in [-0.3, -0.25) is 0 Å². The fourth-order valence-electron chi connectivity index (χ4n) is 2.41. The lowest BCUT2D eigenvalue weighted by atomic mass is 9.79. The number of aromatic nitrogens is 1. The third-order valence-electron chi connectivity index (χ3n) is 3.45. The summed E-state index contributed by atoms with van der Waals surface area (Å²) in [6.45, 7) is 2.03. The van der Waals surface area contributed by atoms with Crippen molar-refractivity contribution < 1.29 is 4.39 Å². The molecule has 1 aromatic heterocycles. The molecule has 4 heteroatoms. The summed E-state index contributed by atoms with van der Waals surface area (Å²) in [4.78, 5) is 5.88. The largest absolute Gasteiger partial charge is 0.328 e. The molecule has 2 nitrogen and oxygen atoms in total. The Morgan fingerprint density at radius 3 is 2.83 bits per heavy atom. The number of nitrogens with two attached hydrogens (primary N) is 1. The van der Waals surface area contributed by atoms with Crippen molar-refractivity contribution in [1.29, 1.82) is 0 Å². The molecule has 1 aliphatic carbocycles. The molecule has 0 aliphatic heterocycles. The Labute approximate surface area is 110 Å². The molecule has 94 valence electrons. The number of thiazole rings is 1.